The maximum atomic E-state index is 12.7. The molecule has 6 nitrogen and oxygen atoms in total. The summed E-state index contributed by atoms with van der Waals surface area (Å²) in [5.74, 6) is 0. The van der Waals surface area contributed by atoms with E-state index in [2.05, 4.69) is 0 Å². The SMILES string of the molecule is CCCN1C(=S)SC(C)(C)[C@@H]1/[N+]([O-])=C/c1ccc([N+](=O)[O-])cc1. The van der Waals surface area contributed by atoms with Crippen LogP contribution in [0.3, 0.4) is 0 Å². The molecule has 1 aromatic rings. The number of benzene rings is 1. The van der Waals surface area contributed by atoms with Crippen molar-refractivity contribution in [1.82, 2.24) is 4.90 Å². The quantitative estimate of drug-likeness (QED) is 0.202. The Bertz CT molecular complexity index is 644. The molecule has 1 atom stereocenters. The number of thioether (sulfide) groups is 1. The highest BCUT2D eigenvalue weighted by Gasteiger charge is 2.49. The molecule has 0 spiro atoms. The van der Waals surface area contributed by atoms with Crippen LogP contribution in [0.2, 0.25) is 0 Å². The molecule has 0 amide bonds. The summed E-state index contributed by atoms with van der Waals surface area (Å²) in [6.07, 6.45) is 1.97. The van der Waals surface area contributed by atoms with Crippen LogP contribution in [0.5, 0.6) is 0 Å². The topological polar surface area (TPSA) is 72.5 Å². The first-order valence-electron chi connectivity index (χ1n) is 7.30. The minimum absolute atomic E-state index is 0.00476. The average Bonchev–Trinajstić information content (AvgIpc) is 2.69. The minimum Gasteiger partial charge on any atom is -0.622 e. The predicted molar refractivity (Wildman–Crippen MR) is 96.9 cm³/mol. The van der Waals surface area contributed by atoms with Gasteiger partial charge in [0.05, 0.1) is 4.92 Å². The van der Waals surface area contributed by atoms with E-state index >= 15 is 0 Å². The molecule has 1 aliphatic heterocycles. The monoisotopic (exact) mass is 353 g/mol. The Labute approximate surface area is 144 Å². The van der Waals surface area contributed by atoms with E-state index in [-0.39, 0.29) is 10.4 Å². The third kappa shape index (κ3) is 3.81. The Morgan fingerprint density at radius 3 is 2.48 bits per heavy atom. The van der Waals surface area contributed by atoms with Gasteiger partial charge in [-0.25, -0.2) is 0 Å². The smallest absolute Gasteiger partial charge is 0.269 e. The molecule has 0 aliphatic carbocycles. The highest BCUT2D eigenvalue weighted by atomic mass is 32.2. The summed E-state index contributed by atoms with van der Waals surface area (Å²) in [6, 6.07) is 5.92. The summed E-state index contributed by atoms with van der Waals surface area (Å²) >= 11 is 6.93. The Kier molecular flexibility index (Phi) is 5.26. The van der Waals surface area contributed by atoms with Gasteiger partial charge in [0.1, 0.15) is 9.07 Å². The van der Waals surface area contributed by atoms with E-state index < -0.39 is 11.1 Å². The van der Waals surface area contributed by atoms with Crippen LogP contribution in [0.15, 0.2) is 24.3 Å². The number of rotatable bonds is 5. The fourth-order valence-electron chi connectivity index (χ4n) is 2.61. The highest BCUT2D eigenvalue weighted by molar-refractivity contribution is 8.24. The molecule has 2 rings (SSSR count). The number of thiocarbonyl (C=S) groups is 1. The van der Waals surface area contributed by atoms with E-state index in [1.165, 1.54) is 30.1 Å². The Balaban J connectivity index is 2.30. The van der Waals surface area contributed by atoms with Crippen molar-refractivity contribution in [2.45, 2.75) is 38.1 Å². The number of hydroxylamine groups is 1. The van der Waals surface area contributed by atoms with E-state index in [9.17, 15) is 15.3 Å². The lowest BCUT2D eigenvalue weighted by Gasteiger charge is -2.29. The van der Waals surface area contributed by atoms with Gasteiger partial charge in [0.2, 0.25) is 0 Å². The van der Waals surface area contributed by atoms with Gasteiger partial charge in [0.15, 0.2) is 6.21 Å². The van der Waals surface area contributed by atoms with Crippen LogP contribution in [0.1, 0.15) is 32.8 Å². The second-order valence-electron chi connectivity index (χ2n) is 5.88. The second-order valence-corrected chi connectivity index (χ2v) is 8.16. The molecule has 0 unspecified atom stereocenters. The predicted octanol–water partition coefficient (Wildman–Crippen LogP) is 3.37. The van der Waals surface area contributed by atoms with Crippen LogP contribution in [0.4, 0.5) is 5.69 Å². The first kappa shape index (κ1) is 17.7. The third-order valence-electron chi connectivity index (χ3n) is 3.59. The van der Waals surface area contributed by atoms with Gasteiger partial charge in [-0.05, 0) is 32.4 Å². The number of nitrogens with zero attached hydrogens (tertiary/aromatic N) is 3. The molecular formula is C15H19N3O3S2. The summed E-state index contributed by atoms with van der Waals surface area (Å²) in [4.78, 5) is 12.2. The fraction of sp³-hybridized carbons (Fsp3) is 0.467. The van der Waals surface area contributed by atoms with E-state index in [1.807, 2.05) is 25.7 Å². The number of nitro benzene ring substituents is 1. The Hall–Kier alpha value is -1.67. The molecule has 8 heteroatoms. The fourth-order valence-corrected chi connectivity index (χ4v) is 4.54. The van der Waals surface area contributed by atoms with Crippen molar-refractivity contribution >= 4 is 40.2 Å². The summed E-state index contributed by atoms with van der Waals surface area (Å²) in [5, 5.41) is 23.4. The van der Waals surface area contributed by atoms with E-state index in [1.54, 1.807) is 12.1 Å². The lowest BCUT2D eigenvalue weighted by Crippen LogP contribution is -2.48. The van der Waals surface area contributed by atoms with Crippen LogP contribution in [-0.2, 0) is 0 Å². The van der Waals surface area contributed by atoms with Crippen LogP contribution >= 0.6 is 24.0 Å². The molecule has 1 fully saturated rings. The van der Waals surface area contributed by atoms with E-state index in [0.29, 0.717) is 5.56 Å². The highest BCUT2D eigenvalue weighted by Crippen LogP contribution is 2.41. The first-order valence-corrected chi connectivity index (χ1v) is 8.53. The zero-order valence-electron chi connectivity index (χ0n) is 13.3. The van der Waals surface area contributed by atoms with E-state index in [4.69, 9.17) is 12.2 Å². The molecule has 23 heavy (non-hydrogen) atoms. The number of hydrogen-bond acceptors (Lipinski definition) is 5. The van der Waals surface area contributed by atoms with Crippen LogP contribution < -0.4 is 0 Å². The maximum Gasteiger partial charge on any atom is 0.269 e. The van der Waals surface area contributed by atoms with Crippen molar-refractivity contribution in [3.8, 4) is 0 Å². The van der Waals surface area contributed by atoms with Crippen molar-refractivity contribution < 1.29 is 9.66 Å². The minimum atomic E-state index is -0.461. The van der Waals surface area contributed by atoms with Crippen molar-refractivity contribution in [2.75, 3.05) is 6.54 Å². The lowest BCUT2D eigenvalue weighted by molar-refractivity contribution is -0.523. The van der Waals surface area contributed by atoms with Crippen molar-refractivity contribution in [1.29, 1.82) is 0 Å². The van der Waals surface area contributed by atoms with Crippen molar-refractivity contribution in [3.63, 3.8) is 0 Å². The molecule has 0 saturated carbocycles. The summed E-state index contributed by atoms with van der Waals surface area (Å²) in [5.41, 5.74) is 0.630. The molecular weight excluding hydrogens is 334 g/mol. The molecule has 1 aromatic carbocycles. The molecule has 1 saturated heterocycles. The zero-order valence-corrected chi connectivity index (χ0v) is 14.9. The molecule has 0 aromatic heterocycles. The van der Waals surface area contributed by atoms with Gasteiger partial charge in [0, 0.05) is 24.2 Å². The van der Waals surface area contributed by atoms with Gasteiger partial charge in [-0.2, -0.15) is 4.74 Å². The first-order chi connectivity index (χ1) is 10.8. The average molecular weight is 353 g/mol. The Morgan fingerprint density at radius 2 is 1.96 bits per heavy atom. The Morgan fingerprint density at radius 1 is 1.35 bits per heavy atom. The normalized spacial score (nSPS) is 20.8. The molecule has 0 bridgehead atoms. The van der Waals surface area contributed by atoms with Gasteiger partial charge in [-0.15, -0.1) is 0 Å². The van der Waals surface area contributed by atoms with Crippen LogP contribution in [-0.4, -0.2) is 42.6 Å². The summed E-state index contributed by atoms with van der Waals surface area (Å²) < 4.78 is 1.31. The zero-order chi connectivity index (χ0) is 17.2. The molecule has 0 N–H and O–H groups in total. The number of nitro groups is 1. The van der Waals surface area contributed by atoms with Gasteiger partial charge in [-0.1, -0.05) is 30.9 Å². The second kappa shape index (κ2) is 6.84. The molecule has 1 heterocycles. The molecule has 124 valence electrons. The number of hydrogen-bond donors (Lipinski definition) is 0. The van der Waals surface area contributed by atoms with Gasteiger partial charge in [0.25, 0.3) is 11.9 Å². The van der Waals surface area contributed by atoms with Crippen LogP contribution in [0, 0.1) is 15.3 Å². The summed E-state index contributed by atoms with van der Waals surface area (Å²) in [6.45, 7) is 6.77. The van der Waals surface area contributed by atoms with Crippen LogP contribution in [0.25, 0.3) is 0 Å². The van der Waals surface area contributed by atoms with Gasteiger partial charge in [-0.3, -0.25) is 15.0 Å². The third-order valence-corrected chi connectivity index (χ3v) is 5.22. The maximum absolute atomic E-state index is 12.7. The van der Waals surface area contributed by atoms with Gasteiger partial charge >= 0.3 is 0 Å². The van der Waals surface area contributed by atoms with E-state index in [0.717, 1.165) is 22.0 Å². The summed E-state index contributed by atoms with van der Waals surface area (Å²) in [7, 11) is 0. The molecule has 0 radical (unpaired) electrons. The number of non-ortho nitro benzene ring substituents is 1. The molecule has 1 aliphatic rings. The lowest BCUT2D eigenvalue weighted by atomic mass is 10.1. The van der Waals surface area contributed by atoms with Crippen molar-refractivity contribution in [2.24, 2.45) is 0 Å². The van der Waals surface area contributed by atoms with Gasteiger partial charge < -0.3 is 5.21 Å². The largest absolute Gasteiger partial charge is 0.622 e. The van der Waals surface area contributed by atoms with Crippen molar-refractivity contribution in [3.05, 3.63) is 45.2 Å². The standard InChI is InChI=1S/C15H19N3O3S2/c1-4-9-16-13(15(2,3)23-14(16)22)17(19)10-11-5-7-12(8-6-11)18(20)21/h5-8,10,13H,4,9H2,1-3H3/b17-10-/t13-/m0/s1.